The Bertz CT molecular complexity index is 337. The SMILES string of the molecule is CC(C)N1CCCC(NCc2ccccn2)CC1. The smallest absolute Gasteiger partial charge is 0.0541 e. The molecule has 1 saturated heterocycles. The van der Waals surface area contributed by atoms with Gasteiger partial charge in [-0.05, 0) is 58.3 Å². The lowest BCUT2D eigenvalue weighted by atomic mass is 10.1. The molecule has 1 N–H and O–H groups in total. The molecule has 2 heterocycles. The summed E-state index contributed by atoms with van der Waals surface area (Å²) < 4.78 is 0. The van der Waals surface area contributed by atoms with Crippen molar-refractivity contribution in [2.75, 3.05) is 13.1 Å². The highest BCUT2D eigenvalue weighted by Crippen LogP contribution is 2.13. The third-order valence-corrected chi connectivity index (χ3v) is 3.79. The Balaban J connectivity index is 1.77. The standard InChI is InChI=1S/C15H25N3/c1-13(2)18-10-5-7-14(8-11-18)17-12-15-6-3-4-9-16-15/h3-4,6,9,13-14,17H,5,7-8,10-12H2,1-2H3. The van der Waals surface area contributed by atoms with Gasteiger partial charge in [0.2, 0.25) is 0 Å². The lowest BCUT2D eigenvalue weighted by Crippen LogP contribution is -2.33. The highest BCUT2D eigenvalue weighted by Gasteiger charge is 2.18. The third kappa shape index (κ3) is 4.07. The summed E-state index contributed by atoms with van der Waals surface area (Å²) in [6, 6.07) is 7.44. The number of nitrogens with zero attached hydrogens (tertiary/aromatic N) is 2. The van der Waals surface area contributed by atoms with Gasteiger partial charge in [-0.3, -0.25) is 4.98 Å². The molecular formula is C15H25N3. The average molecular weight is 247 g/mol. The summed E-state index contributed by atoms with van der Waals surface area (Å²) in [7, 11) is 0. The lowest BCUT2D eigenvalue weighted by molar-refractivity contribution is 0.229. The second-order valence-corrected chi connectivity index (χ2v) is 5.46. The zero-order valence-corrected chi connectivity index (χ0v) is 11.6. The molecule has 2 rings (SSSR count). The molecule has 0 aromatic carbocycles. The average Bonchev–Trinajstić information content (AvgIpc) is 2.63. The number of rotatable bonds is 4. The minimum atomic E-state index is 0.649. The monoisotopic (exact) mass is 247 g/mol. The fourth-order valence-corrected chi connectivity index (χ4v) is 2.59. The molecule has 1 aliphatic heterocycles. The van der Waals surface area contributed by atoms with Gasteiger partial charge >= 0.3 is 0 Å². The van der Waals surface area contributed by atoms with E-state index < -0.39 is 0 Å². The topological polar surface area (TPSA) is 28.2 Å². The van der Waals surface area contributed by atoms with E-state index in [0.29, 0.717) is 12.1 Å². The normalized spacial score (nSPS) is 22.1. The summed E-state index contributed by atoms with van der Waals surface area (Å²) in [6.07, 6.45) is 5.71. The Labute approximate surface area is 111 Å². The van der Waals surface area contributed by atoms with Crippen LogP contribution in [0, 0.1) is 0 Å². The molecule has 0 spiro atoms. The molecule has 0 radical (unpaired) electrons. The maximum absolute atomic E-state index is 4.36. The predicted molar refractivity (Wildman–Crippen MR) is 75.4 cm³/mol. The first-order valence-corrected chi connectivity index (χ1v) is 7.13. The number of aromatic nitrogens is 1. The van der Waals surface area contributed by atoms with Crippen LogP contribution < -0.4 is 5.32 Å². The minimum Gasteiger partial charge on any atom is -0.308 e. The van der Waals surface area contributed by atoms with E-state index in [2.05, 4.69) is 41.2 Å². The number of nitrogens with one attached hydrogen (secondary N) is 1. The van der Waals surface area contributed by atoms with Crippen molar-refractivity contribution in [3.05, 3.63) is 30.1 Å². The van der Waals surface area contributed by atoms with Crippen LogP contribution in [0.1, 0.15) is 38.8 Å². The van der Waals surface area contributed by atoms with Crippen LogP contribution in [0.25, 0.3) is 0 Å². The number of hydrogen-bond donors (Lipinski definition) is 1. The molecule has 0 saturated carbocycles. The van der Waals surface area contributed by atoms with Crippen LogP contribution in [0.2, 0.25) is 0 Å². The molecule has 1 unspecified atom stereocenters. The molecule has 1 fully saturated rings. The molecule has 1 aromatic rings. The van der Waals surface area contributed by atoms with E-state index in [0.717, 1.165) is 12.2 Å². The highest BCUT2D eigenvalue weighted by atomic mass is 15.1. The fraction of sp³-hybridized carbons (Fsp3) is 0.667. The van der Waals surface area contributed by atoms with Gasteiger partial charge in [-0.2, -0.15) is 0 Å². The van der Waals surface area contributed by atoms with Gasteiger partial charge in [0, 0.05) is 24.8 Å². The Hall–Kier alpha value is -0.930. The number of likely N-dealkylation sites (tertiary alicyclic amines) is 1. The van der Waals surface area contributed by atoms with Crippen molar-refractivity contribution in [1.29, 1.82) is 0 Å². The van der Waals surface area contributed by atoms with Gasteiger partial charge < -0.3 is 10.2 Å². The van der Waals surface area contributed by atoms with Gasteiger partial charge in [0.15, 0.2) is 0 Å². The molecule has 100 valence electrons. The molecule has 1 aliphatic rings. The molecule has 0 bridgehead atoms. The second-order valence-electron chi connectivity index (χ2n) is 5.46. The fourth-order valence-electron chi connectivity index (χ4n) is 2.59. The van der Waals surface area contributed by atoms with Crippen molar-refractivity contribution in [2.45, 2.75) is 51.7 Å². The van der Waals surface area contributed by atoms with Crippen LogP contribution in [0.3, 0.4) is 0 Å². The summed E-state index contributed by atoms with van der Waals surface area (Å²) in [5, 5.41) is 3.65. The first-order valence-electron chi connectivity index (χ1n) is 7.13. The summed E-state index contributed by atoms with van der Waals surface area (Å²) in [4.78, 5) is 6.94. The van der Waals surface area contributed by atoms with Crippen molar-refractivity contribution in [3.8, 4) is 0 Å². The van der Waals surface area contributed by atoms with Crippen molar-refractivity contribution in [1.82, 2.24) is 15.2 Å². The summed E-state index contributed by atoms with van der Waals surface area (Å²) >= 11 is 0. The van der Waals surface area contributed by atoms with Crippen LogP contribution in [0.15, 0.2) is 24.4 Å². The van der Waals surface area contributed by atoms with E-state index in [4.69, 9.17) is 0 Å². The predicted octanol–water partition coefficient (Wildman–Crippen LogP) is 2.43. The maximum atomic E-state index is 4.36. The van der Waals surface area contributed by atoms with Crippen molar-refractivity contribution < 1.29 is 0 Å². The van der Waals surface area contributed by atoms with Crippen LogP contribution >= 0.6 is 0 Å². The molecular weight excluding hydrogens is 222 g/mol. The Morgan fingerprint density at radius 3 is 2.94 bits per heavy atom. The van der Waals surface area contributed by atoms with Gasteiger partial charge in [0.25, 0.3) is 0 Å². The van der Waals surface area contributed by atoms with E-state index in [1.165, 1.54) is 32.4 Å². The Morgan fingerprint density at radius 1 is 1.33 bits per heavy atom. The quantitative estimate of drug-likeness (QED) is 0.885. The largest absolute Gasteiger partial charge is 0.308 e. The van der Waals surface area contributed by atoms with Crippen LogP contribution in [-0.2, 0) is 6.54 Å². The maximum Gasteiger partial charge on any atom is 0.0541 e. The van der Waals surface area contributed by atoms with Crippen LogP contribution in [-0.4, -0.2) is 35.1 Å². The van der Waals surface area contributed by atoms with Gasteiger partial charge in [0.1, 0.15) is 0 Å². The Morgan fingerprint density at radius 2 is 2.22 bits per heavy atom. The van der Waals surface area contributed by atoms with Gasteiger partial charge in [-0.25, -0.2) is 0 Å². The third-order valence-electron chi connectivity index (χ3n) is 3.79. The van der Waals surface area contributed by atoms with Crippen LogP contribution in [0.5, 0.6) is 0 Å². The minimum absolute atomic E-state index is 0.649. The number of hydrogen-bond acceptors (Lipinski definition) is 3. The molecule has 1 aromatic heterocycles. The summed E-state index contributed by atoms with van der Waals surface area (Å²) in [5.74, 6) is 0. The first kappa shape index (κ1) is 13.5. The Kier molecular flexibility index (Phi) is 5.14. The molecule has 0 aliphatic carbocycles. The van der Waals surface area contributed by atoms with E-state index in [1.54, 1.807) is 0 Å². The van der Waals surface area contributed by atoms with E-state index in [9.17, 15) is 0 Å². The van der Waals surface area contributed by atoms with Crippen LogP contribution in [0.4, 0.5) is 0 Å². The summed E-state index contributed by atoms with van der Waals surface area (Å²) in [5.41, 5.74) is 1.14. The van der Waals surface area contributed by atoms with E-state index >= 15 is 0 Å². The molecule has 3 heteroatoms. The molecule has 18 heavy (non-hydrogen) atoms. The van der Waals surface area contributed by atoms with Crippen molar-refractivity contribution >= 4 is 0 Å². The first-order chi connectivity index (χ1) is 8.75. The van der Waals surface area contributed by atoms with E-state index in [-0.39, 0.29) is 0 Å². The van der Waals surface area contributed by atoms with Gasteiger partial charge in [-0.1, -0.05) is 6.07 Å². The van der Waals surface area contributed by atoms with Gasteiger partial charge in [-0.15, -0.1) is 0 Å². The van der Waals surface area contributed by atoms with Crippen molar-refractivity contribution in [3.63, 3.8) is 0 Å². The number of pyridine rings is 1. The van der Waals surface area contributed by atoms with E-state index in [1.807, 2.05) is 12.3 Å². The van der Waals surface area contributed by atoms with Crippen molar-refractivity contribution in [2.24, 2.45) is 0 Å². The highest BCUT2D eigenvalue weighted by molar-refractivity contribution is 5.03. The zero-order valence-electron chi connectivity index (χ0n) is 11.6. The molecule has 0 amide bonds. The summed E-state index contributed by atoms with van der Waals surface area (Å²) in [6.45, 7) is 7.95. The van der Waals surface area contributed by atoms with Gasteiger partial charge in [0.05, 0.1) is 5.69 Å². The zero-order chi connectivity index (χ0) is 12.8. The molecule has 3 nitrogen and oxygen atoms in total. The molecule has 1 atom stereocenters. The second kappa shape index (κ2) is 6.86. The lowest BCUT2D eigenvalue weighted by Gasteiger charge is -2.24.